The normalized spacial score (nSPS) is 16.5. The van der Waals surface area contributed by atoms with Gasteiger partial charge in [0.15, 0.2) is 0 Å². The van der Waals surface area contributed by atoms with Crippen LogP contribution in [-0.4, -0.2) is 34.9 Å². The van der Waals surface area contributed by atoms with Crippen LogP contribution in [-0.2, 0) is 9.53 Å². The van der Waals surface area contributed by atoms with Crippen LogP contribution in [0.4, 0.5) is 10.8 Å². The van der Waals surface area contributed by atoms with Gasteiger partial charge in [-0.15, -0.1) is 0 Å². The van der Waals surface area contributed by atoms with Gasteiger partial charge in [0.05, 0.1) is 33.8 Å². The largest absolute Gasteiger partial charge is 0.462 e. The third-order valence-electron chi connectivity index (χ3n) is 5.09. The Kier molecular flexibility index (Phi) is 6.41. The molecule has 3 aromatic rings. The third-order valence-corrected chi connectivity index (χ3v) is 6.10. The molecule has 1 unspecified atom stereocenters. The molecule has 32 heavy (non-hydrogen) atoms. The number of para-hydroxylation sites is 1. The first-order chi connectivity index (χ1) is 15.5. The van der Waals surface area contributed by atoms with Crippen molar-refractivity contribution in [2.45, 2.75) is 33.6 Å². The number of esters is 1. The number of hydrogen-bond acceptors (Lipinski definition) is 7. The van der Waals surface area contributed by atoms with Crippen molar-refractivity contribution in [3.63, 3.8) is 0 Å². The lowest BCUT2D eigenvalue weighted by Crippen LogP contribution is -2.32. The lowest BCUT2D eigenvalue weighted by Gasteiger charge is -2.12. The molecular weight excluding hydrogens is 424 g/mol. The minimum atomic E-state index is -0.522. The van der Waals surface area contributed by atoms with Crippen LogP contribution in [0, 0.1) is 5.92 Å². The summed E-state index contributed by atoms with van der Waals surface area (Å²) in [6, 6.07) is 14.6. The highest BCUT2D eigenvalue weighted by molar-refractivity contribution is 7.22. The van der Waals surface area contributed by atoms with Crippen LogP contribution in [0.2, 0.25) is 0 Å². The highest BCUT2D eigenvalue weighted by atomic mass is 32.1. The Morgan fingerprint density at radius 2 is 1.91 bits per heavy atom. The molecule has 7 nitrogen and oxygen atoms in total. The van der Waals surface area contributed by atoms with Gasteiger partial charge in [0.25, 0.3) is 5.91 Å². The van der Waals surface area contributed by atoms with Gasteiger partial charge in [-0.2, -0.15) is 10.1 Å². The van der Waals surface area contributed by atoms with Crippen molar-refractivity contribution in [1.29, 1.82) is 0 Å². The van der Waals surface area contributed by atoms with E-state index in [0.29, 0.717) is 35.1 Å². The number of carbonyl (C=O) groups excluding carboxylic acids is 2. The SMILES string of the molecule is CCCC1=NN(c2nc3ccccc3s2)C(=O)C1C(C)=Nc1ccc(C(=O)OCC)cc1. The number of hydrogen-bond donors (Lipinski definition) is 0. The number of anilines is 1. The van der Waals surface area contributed by atoms with Crippen molar-refractivity contribution in [3.8, 4) is 0 Å². The summed E-state index contributed by atoms with van der Waals surface area (Å²) in [6.45, 7) is 6.00. The molecule has 164 valence electrons. The van der Waals surface area contributed by atoms with Crippen LogP contribution in [0.1, 0.15) is 44.0 Å². The molecule has 0 saturated carbocycles. The molecule has 0 radical (unpaired) electrons. The van der Waals surface area contributed by atoms with Crippen molar-refractivity contribution < 1.29 is 14.3 Å². The van der Waals surface area contributed by atoms with E-state index >= 15 is 0 Å². The third kappa shape index (κ3) is 4.31. The standard InChI is InChI=1S/C24H24N4O3S/c1-4-8-19-21(15(3)25-17-13-11-16(12-14-17)23(30)31-5-2)22(29)28(27-19)24-26-18-9-6-7-10-20(18)32-24/h6-7,9-14,21H,4-5,8H2,1-3H3. The number of benzene rings is 2. The van der Waals surface area contributed by atoms with E-state index in [9.17, 15) is 9.59 Å². The molecule has 8 heteroatoms. The van der Waals surface area contributed by atoms with E-state index in [4.69, 9.17) is 4.74 Å². The van der Waals surface area contributed by atoms with Crippen LogP contribution in [0.15, 0.2) is 58.6 Å². The second kappa shape index (κ2) is 9.40. The first kappa shape index (κ1) is 21.8. The van der Waals surface area contributed by atoms with Crippen LogP contribution < -0.4 is 5.01 Å². The van der Waals surface area contributed by atoms with E-state index in [1.807, 2.05) is 31.2 Å². The van der Waals surface area contributed by atoms with Gasteiger partial charge in [0, 0.05) is 5.71 Å². The zero-order valence-electron chi connectivity index (χ0n) is 18.2. The molecule has 2 heterocycles. The molecule has 0 spiro atoms. The van der Waals surface area contributed by atoms with Crippen LogP contribution in [0.25, 0.3) is 10.2 Å². The van der Waals surface area contributed by atoms with Crippen molar-refractivity contribution in [2.75, 3.05) is 11.6 Å². The smallest absolute Gasteiger partial charge is 0.338 e. The minimum Gasteiger partial charge on any atom is -0.462 e. The highest BCUT2D eigenvalue weighted by Crippen LogP contribution is 2.33. The van der Waals surface area contributed by atoms with Crippen molar-refractivity contribution in [2.24, 2.45) is 16.0 Å². The van der Waals surface area contributed by atoms with Gasteiger partial charge in [0.2, 0.25) is 5.13 Å². The fraction of sp³-hybridized carbons (Fsp3) is 0.292. The van der Waals surface area contributed by atoms with Crippen molar-refractivity contribution in [3.05, 3.63) is 54.1 Å². The number of hydrazone groups is 1. The summed E-state index contributed by atoms with van der Waals surface area (Å²) >= 11 is 1.45. The first-order valence-electron chi connectivity index (χ1n) is 10.6. The highest BCUT2D eigenvalue weighted by Gasteiger charge is 2.39. The Morgan fingerprint density at radius 3 is 2.59 bits per heavy atom. The van der Waals surface area contributed by atoms with Crippen molar-refractivity contribution in [1.82, 2.24) is 4.98 Å². The van der Waals surface area contributed by atoms with E-state index in [1.165, 1.54) is 16.3 Å². The van der Waals surface area contributed by atoms with Gasteiger partial charge >= 0.3 is 5.97 Å². The average Bonchev–Trinajstić information content (AvgIpc) is 3.35. The summed E-state index contributed by atoms with van der Waals surface area (Å²) in [7, 11) is 0. The first-order valence-corrected chi connectivity index (χ1v) is 11.4. The second-order valence-electron chi connectivity index (χ2n) is 7.41. The van der Waals surface area contributed by atoms with E-state index in [-0.39, 0.29) is 11.9 Å². The summed E-state index contributed by atoms with van der Waals surface area (Å²) in [5.41, 5.74) is 3.44. The Bertz CT molecular complexity index is 1180. The molecule has 2 aromatic carbocycles. The Labute approximate surface area is 190 Å². The monoisotopic (exact) mass is 448 g/mol. The van der Waals surface area contributed by atoms with E-state index in [0.717, 1.165) is 22.3 Å². The fourth-order valence-corrected chi connectivity index (χ4v) is 4.54. The van der Waals surface area contributed by atoms with Gasteiger partial charge in [-0.1, -0.05) is 36.8 Å². The zero-order valence-corrected chi connectivity index (χ0v) is 19.1. The summed E-state index contributed by atoms with van der Waals surface area (Å²) < 4.78 is 6.03. The molecule has 1 atom stereocenters. The number of thiazole rings is 1. The molecule has 1 aliphatic rings. The number of amides is 1. The Balaban J connectivity index is 1.60. The Hall–Kier alpha value is -3.39. The van der Waals surface area contributed by atoms with Gasteiger partial charge < -0.3 is 4.74 Å². The number of rotatable bonds is 7. The van der Waals surface area contributed by atoms with E-state index in [1.54, 1.807) is 31.2 Å². The number of aliphatic imine (C=N–C) groups is 1. The number of carbonyl (C=O) groups is 2. The second-order valence-corrected chi connectivity index (χ2v) is 8.42. The lowest BCUT2D eigenvalue weighted by molar-refractivity contribution is -0.118. The van der Waals surface area contributed by atoms with Gasteiger partial charge in [-0.25, -0.2) is 9.78 Å². The maximum Gasteiger partial charge on any atom is 0.338 e. The maximum atomic E-state index is 13.4. The summed E-state index contributed by atoms with van der Waals surface area (Å²) in [6.07, 6.45) is 1.57. The predicted octanol–water partition coefficient (Wildman–Crippen LogP) is 5.38. The van der Waals surface area contributed by atoms with Crippen LogP contribution >= 0.6 is 11.3 Å². The minimum absolute atomic E-state index is 0.142. The average molecular weight is 449 g/mol. The van der Waals surface area contributed by atoms with Gasteiger partial charge in [-0.3, -0.25) is 9.79 Å². The topological polar surface area (TPSA) is 84.2 Å². The summed E-state index contributed by atoms with van der Waals surface area (Å²) in [5, 5.41) is 6.62. The maximum absolute atomic E-state index is 13.4. The lowest BCUT2D eigenvalue weighted by atomic mass is 9.95. The summed E-state index contributed by atoms with van der Waals surface area (Å²) in [4.78, 5) is 34.5. The molecule has 1 amide bonds. The van der Waals surface area contributed by atoms with Gasteiger partial charge in [-0.05, 0) is 56.7 Å². The van der Waals surface area contributed by atoms with Gasteiger partial charge in [0.1, 0.15) is 5.92 Å². The molecular formula is C24H24N4O3S. The van der Waals surface area contributed by atoms with E-state index < -0.39 is 5.92 Å². The zero-order chi connectivity index (χ0) is 22.7. The molecule has 4 rings (SSSR count). The molecule has 1 aromatic heterocycles. The molecule has 0 N–H and O–H groups in total. The fourth-order valence-electron chi connectivity index (χ4n) is 3.61. The number of ether oxygens (including phenoxy) is 1. The van der Waals surface area contributed by atoms with Crippen molar-refractivity contribution >= 4 is 55.7 Å². The molecule has 0 saturated heterocycles. The number of fused-ring (bicyclic) bond motifs is 1. The van der Waals surface area contributed by atoms with Crippen LogP contribution in [0.3, 0.4) is 0 Å². The predicted molar refractivity (Wildman–Crippen MR) is 128 cm³/mol. The van der Waals surface area contributed by atoms with E-state index in [2.05, 4.69) is 22.0 Å². The Morgan fingerprint density at radius 1 is 1.16 bits per heavy atom. The summed E-state index contributed by atoms with van der Waals surface area (Å²) in [5.74, 6) is -1.03. The quantitative estimate of drug-likeness (QED) is 0.359. The molecule has 1 aliphatic heterocycles. The molecule has 0 aliphatic carbocycles. The van der Waals surface area contributed by atoms with Crippen LogP contribution in [0.5, 0.6) is 0 Å². The molecule has 0 fully saturated rings. The number of nitrogens with zero attached hydrogens (tertiary/aromatic N) is 4. The molecule has 0 bridgehead atoms. The number of aromatic nitrogens is 1.